The first-order valence-corrected chi connectivity index (χ1v) is 6.66. The summed E-state index contributed by atoms with van der Waals surface area (Å²) in [6.07, 6.45) is 1.46. The molecule has 1 aromatic carbocycles. The van der Waals surface area contributed by atoms with Gasteiger partial charge < -0.3 is 15.2 Å². The molecule has 0 unspecified atom stereocenters. The molecule has 0 aliphatic carbocycles. The van der Waals surface area contributed by atoms with E-state index in [9.17, 15) is 10.2 Å². The van der Waals surface area contributed by atoms with Crippen LogP contribution in [0.5, 0.6) is 11.5 Å². The number of nitrogens with one attached hydrogen (secondary N) is 1. The molecule has 2 heterocycles. The molecule has 0 amide bonds. The highest BCUT2D eigenvalue weighted by molar-refractivity contribution is 7.98. The average molecular weight is 273 g/mol. The van der Waals surface area contributed by atoms with E-state index in [1.54, 1.807) is 0 Å². The molecule has 5 nitrogen and oxygen atoms in total. The molecule has 0 aliphatic rings. The van der Waals surface area contributed by atoms with Crippen molar-refractivity contribution in [2.75, 3.05) is 0 Å². The molecule has 0 bridgehead atoms. The highest BCUT2D eigenvalue weighted by Gasteiger charge is 2.09. The van der Waals surface area contributed by atoms with Gasteiger partial charge in [-0.1, -0.05) is 23.9 Å². The molecule has 0 aliphatic heterocycles. The highest BCUT2D eigenvalue weighted by Crippen LogP contribution is 2.31. The van der Waals surface area contributed by atoms with Gasteiger partial charge in [0, 0.05) is 18.0 Å². The van der Waals surface area contributed by atoms with Gasteiger partial charge >= 0.3 is 0 Å². The van der Waals surface area contributed by atoms with Gasteiger partial charge in [-0.2, -0.15) is 0 Å². The Balaban J connectivity index is 1.80. The number of aromatic hydroxyl groups is 2. The lowest BCUT2D eigenvalue weighted by Gasteiger charge is -2.03. The number of imidazole rings is 1. The molecule has 0 saturated heterocycles. The van der Waals surface area contributed by atoms with Gasteiger partial charge in [0.05, 0.1) is 16.7 Å². The smallest absolute Gasteiger partial charge is 0.180 e. The maximum Gasteiger partial charge on any atom is 0.180 e. The zero-order chi connectivity index (χ0) is 13.2. The largest absolute Gasteiger partial charge is 0.504 e. The number of para-hydroxylation sites is 2. The molecule has 3 N–H and O–H groups in total. The number of rotatable bonds is 3. The van der Waals surface area contributed by atoms with Gasteiger partial charge in [0.2, 0.25) is 0 Å². The minimum atomic E-state index is -0.175. The van der Waals surface area contributed by atoms with E-state index in [4.69, 9.17) is 0 Å². The fourth-order valence-electron chi connectivity index (χ4n) is 1.73. The molecular formula is C13H11N3O2S. The third kappa shape index (κ3) is 2.34. The predicted molar refractivity (Wildman–Crippen MR) is 73.2 cm³/mol. The fourth-order valence-corrected chi connectivity index (χ4v) is 2.56. The van der Waals surface area contributed by atoms with E-state index in [1.165, 1.54) is 24.0 Å². The lowest BCUT2D eigenvalue weighted by Crippen LogP contribution is -1.88. The number of H-pyrrole nitrogens is 1. The number of hydrogen-bond donors (Lipinski definition) is 3. The Labute approximate surface area is 113 Å². The Kier molecular flexibility index (Phi) is 3.00. The van der Waals surface area contributed by atoms with Crippen molar-refractivity contribution in [3.63, 3.8) is 0 Å². The van der Waals surface area contributed by atoms with Crippen LogP contribution in [0.25, 0.3) is 11.0 Å². The van der Waals surface area contributed by atoms with E-state index < -0.39 is 0 Å². The number of benzene rings is 1. The van der Waals surface area contributed by atoms with Gasteiger partial charge in [-0.3, -0.25) is 4.98 Å². The van der Waals surface area contributed by atoms with Crippen molar-refractivity contribution in [1.82, 2.24) is 15.0 Å². The minimum absolute atomic E-state index is 0.157. The maximum absolute atomic E-state index is 9.66. The van der Waals surface area contributed by atoms with Crippen LogP contribution in [0.4, 0.5) is 0 Å². The van der Waals surface area contributed by atoms with Crippen LogP contribution < -0.4 is 0 Å². The van der Waals surface area contributed by atoms with Crippen LogP contribution in [-0.4, -0.2) is 25.2 Å². The van der Waals surface area contributed by atoms with E-state index in [-0.39, 0.29) is 11.5 Å². The van der Waals surface area contributed by atoms with Crippen molar-refractivity contribution < 1.29 is 10.2 Å². The van der Waals surface area contributed by atoms with Crippen LogP contribution in [0.1, 0.15) is 5.69 Å². The van der Waals surface area contributed by atoms with E-state index in [1.807, 2.05) is 24.3 Å². The maximum atomic E-state index is 9.66. The average Bonchev–Trinajstić information content (AvgIpc) is 2.83. The molecule has 96 valence electrons. The SMILES string of the molecule is Oc1ccnc(CSc2nc3ccccc3[nH]2)c1O. The van der Waals surface area contributed by atoms with E-state index in [0.717, 1.165) is 16.2 Å². The second kappa shape index (κ2) is 4.81. The molecular weight excluding hydrogens is 262 g/mol. The molecule has 0 saturated carbocycles. The molecule has 0 radical (unpaired) electrons. The summed E-state index contributed by atoms with van der Waals surface area (Å²) in [5.41, 5.74) is 2.31. The monoisotopic (exact) mass is 273 g/mol. The van der Waals surface area contributed by atoms with Crippen molar-refractivity contribution in [2.45, 2.75) is 10.9 Å². The van der Waals surface area contributed by atoms with Crippen molar-refractivity contribution >= 4 is 22.8 Å². The standard InChI is InChI=1S/C13H11N3O2S/c17-11-5-6-14-10(12(11)18)7-19-13-15-8-3-1-2-4-9(8)16-13/h1-6,18H,7H2,(H,14,17)(H,15,16). The van der Waals surface area contributed by atoms with Crippen LogP contribution >= 0.6 is 11.8 Å². The first kappa shape index (κ1) is 11.9. The number of fused-ring (bicyclic) bond motifs is 1. The third-order valence-electron chi connectivity index (χ3n) is 2.69. The number of thioether (sulfide) groups is 1. The van der Waals surface area contributed by atoms with Crippen molar-refractivity contribution in [3.8, 4) is 11.5 Å². The Morgan fingerprint density at radius 1 is 1.16 bits per heavy atom. The zero-order valence-electron chi connectivity index (χ0n) is 9.87. The molecule has 0 spiro atoms. The van der Waals surface area contributed by atoms with Gasteiger partial charge in [0.25, 0.3) is 0 Å². The fraction of sp³-hybridized carbons (Fsp3) is 0.0769. The summed E-state index contributed by atoms with van der Waals surface area (Å²) in [6, 6.07) is 9.11. The normalized spacial score (nSPS) is 10.9. The quantitative estimate of drug-likeness (QED) is 0.639. The third-order valence-corrected chi connectivity index (χ3v) is 3.58. The lowest BCUT2D eigenvalue weighted by molar-refractivity contribution is 0.398. The summed E-state index contributed by atoms with van der Waals surface area (Å²) in [5.74, 6) is 0.0985. The first-order chi connectivity index (χ1) is 9.24. The van der Waals surface area contributed by atoms with E-state index in [0.29, 0.717) is 11.4 Å². The minimum Gasteiger partial charge on any atom is -0.504 e. The Morgan fingerprint density at radius 2 is 2.00 bits per heavy atom. The Hall–Kier alpha value is -2.21. The van der Waals surface area contributed by atoms with Gasteiger partial charge in [-0.05, 0) is 12.1 Å². The molecule has 3 aromatic rings. The summed E-state index contributed by atoms with van der Waals surface area (Å²) in [6.45, 7) is 0. The van der Waals surface area contributed by atoms with Gasteiger partial charge in [-0.25, -0.2) is 4.98 Å². The number of aromatic nitrogens is 3. The van der Waals surface area contributed by atoms with Gasteiger partial charge in [-0.15, -0.1) is 0 Å². The molecule has 0 atom stereocenters. The lowest BCUT2D eigenvalue weighted by atomic mass is 10.3. The van der Waals surface area contributed by atoms with E-state index >= 15 is 0 Å². The molecule has 6 heteroatoms. The second-order valence-corrected chi connectivity index (χ2v) is 4.94. The zero-order valence-corrected chi connectivity index (χ0v) is 10.7. The van der Waals surface area contributed by atoms with E-state index in [2.05, 4.69) is 15.0 Å². The van der Waals surface area contributed by atoms with Crippen LogP contribution in [0.3, 0.4) is 0 Å². The van der Waals surface area contributed by atoms with Crippen LogP contribution in [0.2, 0.25) is 0 Å². The molecule has 2 aromatic heterocycles. The highest BCUT2D eigenvalue weighted by atomic mass is 32.2. The first-order valence-electron chi connectivity index (χ1n) is 5.67. The molecule has 3 rings (SSSR count). The Morgan fingerprint density at radius 3 is 2.84 bits per heavy atom. The molecule has 19 heavy (non-hydrogen) atoms. The summed E-state index contributed by atoms with van der Waals surface area (Å²) in [5, 5.41) is 19.8. The van der Waals surface area contributed by atoms with Gasteiger partial charge in [0.1, 0.15) is 0 Å². The molecule has 0 fully saturated rings. The second-order valence-electron chi connectivity index (χ2n) is 3.97. The predicted octanol–water partition coefficient (Wildman–Crippen LogP) is 2.66. The summed E-state index contributed by atoms with van der Waals surface area (Å²) < 4.78 is 0. The van der Waals surface area contributed by atoms with Crippen molar-refractivity contribution in [3.05, 3.63) is 42.2 Å². The summed E-state index contributed by atoms with van der Waals surface area (Å²) >= 11 is 1.42. The number of nitrogens with zero attached hydrogens (tertiary/aromatic N) is 2. The van der Waals surface area contributed by atoms with Gasteiger partial charge in [0.15, 0.2) is 16.7 Å². The topological polar surface area (TPSA) is 82.0 Å². The van der Waals surface area contributed by atoms with Crippen LogP contribution in [0.15, 0.2) is 41.7 Å². The summed E-state index contributed by atoms with van der Waals surface area (Å²) in [7, 11) is 0. The number of pyridine rings is 1. The summed E-state index contributed by atoms with van der Waals surface area (Å²) in [4.78, 5) is 11.6. The van der Waals surface area contributed by atoms with Crippen LogP contribution in [0, 0.1) is 0 Å². The number of aromatic amines is 1. The van der Waals surface area contributed by atoms with Crippen LogP contribution in [-0.2, 0) is 5.75 Å². The van der Waals surface area contributed by atoms with Crippen molar-refractivity contribution in [1.29, 1.82) is 0 Å². The number of hydrogen-bond acceptors (Lipinski definition) is 5. The Bertz CT molecular complexity index is 694. The van der Waals surface area contributed by atoms with Crippen molar-refractivity contribution in [2.24, 2.45) is 0 Å².